The van der Waals surface area contributed by atoms with Gasteiger partial charge in [-0.3, -0.25) is 9.78 Å². The molecule has 4 rings (SSSR count). The standard InChI is InChI=1S/C28H22N8O/c1-17-10-20(4-3-9-29)11-18(2)25(17)35-27-24(21-12-22(26(31)37)15-32-14-21)16-33-28(36-27)34-23-7-5-19(13-30)6-8-23/h3-8,10-12,14-16H,1-2H3,(H2,31,37)(H2,33,34,35,36)/b4-3+. The number of amides is 1. The highest BCUT2D eigenvalue weighted by molar-refractivity contribution is 5.94. The summed E-state index contributed by atoms with van der Waals surface area (Å²) in [5, 5.41) is 24.5. The lowest BCUT2D eigenvalue weighted by molar-refractivity contribution is 0.1000. The summed E-state index contributed by atoms with van der Waals surface area (Å²) in [6.07, 6.45) is 7.84. The summed E-state index contributed by atoms with van der Waals surface area (Å²) in [5.74, 6) is 0.233. The van der Waals surface area contributed by atoms with Crippen molar-refractivity contribution in [1.82, 2.24) is 15.0 Å². The summed E-state index contributed by atoms with van der Waals surface area (Å²) in [6, 6.07) is 16.6. The van der Waals surface area contributed by atoms with Gasteiger partial charge in [0.05, 0.1) is 23.3 Å². The molecule has 0 aliphatic carbocycles. The van der Waals surface area contributed by atoms with Crippen molar-refractivity contribution < 1.29 is 4.79 Å². The van der Waals surface area contributed by atoms with E-state index in [9.17, 15) is 4.79 Å². The third kappa shape index (κ3) is 5.76. The van der Waals surface area contributed by atoms with Crippen molar-refractivity contribution in [2.24, 2.45) is 5.73 Å². The third-order valence-electron chi connectivity index (χ3n) is 5.54. The van der Waals surface area contributed by atoms with Gasteiger partial charge in [-0.05, 0) is 79.1 Å². The Morgan fingerprint density at radius 2 is 1.73 bits per heavy atom. The van der Waals surface area contributed by atoms with Crippen LogP contribution in [0.1, 0.15) is 32.6 Å². The van der Waals surface area contributed by atoms with Crippen LogP contribution >= 0.6 is 0 Å². The van der Waals surface area contributed by atoms with E-state index in [4.69, 9.17) is 21.2 Å². The van der Waals surface area contributed by atoms with E-state index in [-0.39, 0.29) is 5.56 Å². The monoisotopic (exact) mass is 486 g/mol. The number of nitrogens with one attached hydrogen (secondary N) is 2. The highest BCUT2D eigenvalue weighted by Crippen LogP contribution is 2.33. The van der Waals surface area contributed by atoms with E-state index in [1.165, 1.54) is 12.3 Å². The predicted molar refractivity (Wildman–Crippen MR) is 142 cm³/mol. The summed E-state index contributed by atoms with van der Waals surface area (Å²) in [5.41, 5.74) is 11.9. The summed E-state index contributed by atoms with van der Waals surface area (Å²) in [4.78, 5) is 25.1. The molecular weight excluding hydrogens is 464 g/mol. The number of hydrogen-bond acceptors (Lipinski definition) is 8. The fourth-order valence-electron chi connectivity index (χ4n) is 3.77. The highest BCUT2D eigenvalue weighted by Gasteiger charge is 2.15. The van der Waals surface area contributed by atoms with E-state index < -0.39 is 5.91 Å². The molecule has 0 aliphatic rings. The Labute approximate surface area is 214 Å². The number of aryl methyl sites for hydroxylation is 2. The molecule has 0 atom stereocenters. The number of nitriles is 2. The van der Waals surface area contributed by atoms with Gasteiger partial charge in [0.2, 0.25) is 11.9 Å². The number of carbonyl (C=O) groups is 1. The molecule has 0 radical (unpaired) electrons. The summed E-state index contributed by atoms with van der Waals surface area (Å²) < 4.78 is 0. The average Bonchev–Trinajstić information content (AvgIpc) is 2.90. The Bertz CT molecular complexity index is 1570. The molecule has 0 spiro atoms. The molecule has 4 N–H and O–H groups in total. The van der Waals surface area contributed by atoms with E-state index in [0.717, 1.165) is 28.1 Å². The number of hydrogen-bond donors (Lipinski definition) is 3. The zero-order valence-electron chi connectivity index (χ0n) is 20.1. The van der Waals surface area contributed by atoms with Crippen molar-refractivity contribution in [2.45, 2.75) is 13.8 Å². The second-order valence-corrected chi connectivity index (χ2v) is 8.21. The molecular formula is C28H22N8O. The fourth-order valence-corrected chi connectivity index (χ4v) is 3.77. The zero-order valence-corrected chi connectivity index (χ0v) is 20.1. The number of benzene rings is 2. The lowest BCUT2D eigenvalue weighted by Crippen LogP contribution is -2.11. The number of anilines is 4. The van der Waals surface area contributed by atoms with Crippen LogP contribution in [0.5, 0.6) is 0 Å². The minimum atomic E-state index is -0.586. The van der Waals surface area contributed by atoms with Crippen LogP contribution in [0.15, 0.2) is 67.1 Å². The normalized spacial score (nSPS) is 10.5. The highest BCUT2D eigenvalue weighted by atomic mass is 16.1. The van der Waals surface area contributed by atoms with Gasteiger partial charge in [0.15, 0.2) is 0 Å². The molecule has 9 nitrogen and oxygen atoms in total. The Morgan fingerprint density at radius 1 is 1.00 bits per heavy atom. The van der Waals surface area contributed by atoms with Gasteiger partial charge < -0.3 is 16.4 Å². The van der Waals surface area contributed by atoms with Gasteiger partial charge >= 0.3 is 0 Å². The number of aromatic nitrogens is 3. The van der Waals surface area contributed by atoms with Crippen LogP contribution in [0.3, 0.4) is 0 Å². The quantitative estimate of drug-likeness (QED) is 0.303. The van der Waals surface area contributed by atoms with Gasteiger partial charge in [-0.2, -0.15) is 15.5 Å². The van der Waals surface area contributed by atoms with Crippen molar-refractivity contribution >= 4 is 35.1 Å². The average molecular weight is 487 g/mol. The molecule has 1 amide bonds. The molecule has 4 aromatic rings. The van der Waals surface area contributed by atoms with Crippen LogP contribution in [0.25, 0.3) is 17.2 Å². The Kier molecular flexibility index (Phi) is 7.18. The molecule has 0 saturated carbocycles. The van der Waals surface area contributed by atoms with Gasteiger partial charge in [-0.25, -0.2) is 4.98 Å². The second kappa shape index (κ2) is 10.8. The Hall–Kier alpha value is -5.54. The molecule has 2 heterocycles. The number of nitrogens with zero attached hydrogens (tertiary/aromatic N) is 5. The fraction of sp³-hybridized carbons (Fsp3) is 0.0714. The molecule has 2 aromatic heterocycles. The van der Waals surface area contributed by atoms with Crippen LogP contribution in [0.2, 0.25) is 0 Å². The molecule has 0 bridgehead atoms. The number of pyridine rings is 1. The maximum atomic E-state index is 11.7. The Balaban J connectivity index is 1.78. The molecule has 9 heteroatoms. The lowest BCUT2D eigenvalue weighted by atomic mass is 10.0. The smallest absolute Gasteiger partial charge is 0.250 e. The van der Waals surface area contributed by atoms with Gasteiger partial charge in [0.25, 0.3) is 0 Å². The number of primary amides is 1. The third-order valence-corrected chi connectivity index (χ3v) is 5.54. The molecule has 180 valence electrons. The first-order valence-electron chi connectivity index (χ1n) is 11.2. The predicted octanol–water partition coefficient (Wildman–Crippen LogP) is 5.15. The van der Waals surface area contributed by atoms with Crippen molar-refractivity contribution in [3.63, 3.8) is 0 Å². The SMILES string of the molecule is Cc1cc(/C=C/C#N)cc(C)c1Nc1nc(Nc2ccc(C#N)cc2)ncc1-c1cncc(C(N)=O)c1. The summed E-state index contributed by atoms with van der Waals surface area (Å²) >= 11 is 0. The first-order chi connectivity index (χ1) is 17.9. The summed E-state index contributed by atoms with van der Waals surface area (Å²) in [7, 11) is 0. The summed E-state index contributed by atoms with van der Waals surface area (Å²) in [6.45, 7) is 3.93. The molecule has 0 fully saturated rings. The van der Waals surface area contributed by atoms with Crippen LogP contribution in [-0.4, -0.2) is 20.9 Å². The van der Waals surface area contributed by atoms with Crippen LogP contribution < -0.4 is 16.4 Å². The topological polar surface area (TPSA) is 153 Å². The van der Waals surface area contributed by atoms with E-state index in [0.29, 0.717) is 28.5 Å². The van der Waals surface area contributed by atoms with Gasteiger partial charge in [-0.1, -0.05) is 0 Å². The van der Waals surface area contributed by atoms with Gasteiger partial charge in [0, 0.05) is 47.2 Å². The minimum Gasteiger partial charge on any atom is -0.366 e. The Morgan fingerprint density at radius 3 is 2.38 bits per heavy atom. The van der Waals surface area contributed by atoms with E-state index in [1.54, 1.807) is 48.8 Å². The zero-order chi connectivity index (χ0) is 26.4. The van der Waals surface area contributed by atoms with E-state index >= 15 is 0 Å². The first kappa shape index (κ1) is 24.6. The molecule has 2 aromatic carbocycles. The van der Waals surface area contributed by atoms with Crippen molar-refractivity contribution in [2.75, 3.05) is 10.6 Å². The largest absolute Gasteiger partial charge is 0.366 e. The molecule has 37 heavy (non-hydrogen) atoms. The van der Waals surface area contributed by atoms with Crippen LogP contribution in [-0.2, 0) is 0 Å². The van der Waals surface area contributed by atoms with E-state index in [2.05, 4.69) is 26.7 Å². The minimum absolute atomic E-state index is 0.268. The lowest BCUT2D eigenvalue weighted by Gasteiger charge is -2.17. The number of carbonyl (C=O) groups excluding carboxylic acids is 1. The van der Waals surface area contributed by atoms with Crippen molar-refractivity contribution in [3.05, 3.63) is 94.9 Å². The maximum Gasteiger partial charge on any atom is 0.250 e. The van der Waals surface area contributed by atoms with E-state index in [1.807, 2.05) is 32.0 Å². The van der Waals surface area contributed by atoms with Crippen LogP contribution in [0.4, 0.5) is 23.1 Å². The van der Waals surface area contributed by atoms with Gasteiger partial charge in [0.1, 0.15) is 5.82 Å². The number of allylic oxidation sites excluding steroid dienone is 1. The molecule has 0 aliphatic heterocycles. The van der Waals surface area contributed by atoms with Crippen molar-refractivity contribution in [1.29, 1.82) is 10.5 Å². The van der Waals surface area contributed by atoms with Crippen molar-refractivity contribution in [3.8, 4) is 23.3 Å². The molecule has 0 saturated heterocycles. The number of nitrogens with two attached hydrogens (primary N) is 1. The second-order valence-electron chi connectivity index (χ2n) is 8.21. The molecule has 0 unspecified atom stereocenters. The first-order valence-corrected chi connectivity index (χ1v) is 11.2. The maximum absolute atomic E-state index is 11.7. The van der Waals surface area contributed by atoms with Gasteiger partial charge in [-0.15, -0.1) is 0 Å². The number of rotatable bonds is 7. The van der Waals surface area contributed by atoms with Crippen LogP contribution in [0, 0.1) is 36.5 Å².